The number of hydrogen-bond acceptors (Lipinski definition) is 1. The van der Waals surface area contributed by atoms with Crippen LogP contribution in [0.3, 0.4) is 0 Å². The van der Waals surface area contributed by atoms with Gasteiger partial charge in [-0.2, -0.15) is 0 Å². The Morgan fingerprint density at radius 2 is 1.95 bits per heavy atom. The van der Waals surface area contributed by atoms with Crippen LogP contribution in [0.2, 0.25) is 0 Å². The van der Waals surface area contributed by atoms with Crippen LogP contribution < -0.4 is 5.32 Å². The molecule has 1 N–H and O–H groups in total. The molecule has 2 aromatic rings. The molecule has 1 atom stereocenters. The Kier molecular flexibility index (Phi) is 6.64. The molecule has 1 unspecified atom stereocenters. The molecule has 0 aromatic heterocycles. The minimum Gasteiger partial charge on any atom is -0.310 e. The van der Waals surface area contributed by atoms with Crippen molar-refractivity contribution in [1.82, 2.24) is 5.32 Å². The van der Waals surface area contributed by atoms with Gasteiger partial charge in [0.25, 0.3) is 0 Å². The molecule has 112 valence electrons. The molecular formula is C17H18BrFIN. The van der Waals surface area contributed by atoms with Gasteiger partial charge in [-0.1, -0.05) is 37.3 Å². The molecule has 0 radical (unpaired) electrons. The van der Waals surface area contributed by atoms with Crippen molar-refractivity contribution in [3.63, 3.8) is 0 Å². The van der Waals surface area contributed by atoms with Crippen molar-refractivity contribution in [1.29, 1.82) is 0 Å². The van der Waals surface area contributed by atoms with E-state index in [1.807, 2.05) is 12.1 Å². The zero-order valence-electron chi connectivity index (χ0n) is 11.9. The number of nitrogens with one attached hydrogen (secondary N) is 1. The molecule has 0 fully saturated rings. The summed E-state index contributed by atoms with van der Waals surface area (Å²) in [5, 5.41) is 3.57. The van der Waals surface area contributed by atoms with Crippen molar-refractivity contribution in [2.45, 2.75) is 25.8 Å². The Morgan fingerprint density at radius 3 is 2.67 bits per heavy atom. The van der Waals surface area contributed by atoms with Gasteiger partial charge >= 0.3 is 0 Å². The van der Waals surface area contributed by atoms with E-state index in [0.29, 0.717) is 4.47 Å². The smallest absolute Gasteiger partial charge is 0.137 e. The average molecular weight is 462 g/mol. The third kappa shape index (κ3) is 4.50. The summed E-state index contributed by atoms with van der Waals surface area (Å²) in [6, 6.07) is 13.8. The fourth-order valence-corrected chi connectivity index (χ4v) is 3.48. The van der Waals surface area contributed by atoms with Gasteiger partial charge in [0.1, 0.15) is 5.82 Å². The molecule has 0 saturated carbocycles. The lowest BCUT2D eigenvalue weighted by Crippen LogP contribution is -2.25. The highest BCUT2D eigenvalue weighted by Gasteiger charge is 2.16. The lowest BCUT2D eigenvalue weighted by molar-refractivity contribution is 0.524. The van der Waals surface area contributed by atoms with E-state index in [1.54, 1.807) is 6.07 Å². The van der Waals surface area contributed by atoms with Crippen molar-refractivity contribution in [2.75, 3.05) is 6.54 Å². The van der Waals surface area contributed by atoms with Gasteiger partial charge in [-0.15, -0.1) is 0 Å². The standard InChI is InChI=1S/C17H18BrFIN/c1-2-10-21-16(13-7-3-4-9-15(13)20)11-12-6-5-8-14(19)17(12)18/h3-9,16,21H,2,10-11H2,1H3. The van der Waals surface area contributed by atoms with Crippen molar-refractivity contribution < 1.29 is 4.39 Å². The van der Waals surface area contributed by atoms with Crippen LogP contribution in [-0.2, 0) is 6.42 Å². The van der Waals surface area contributed by atoms with E-state index in [9.17, 15) is 4.39 Å². The summed E-state index contributed by atoms with van der Waals surface area (Å²) in [5.41, 5.74) is 2.26. The van der Waals surface area contributed by atoms with Crippen LogP contribution in [0.15, 0.2) is 46.9 Å². The Morgan fingerprint density at radius 1 is 1.19 bits per heavy atom. The molecule has 2 aromatic carbocycles. The first kappa shape index (κ1) is 16.9. The van der Waals surface area contributed by atoms with E-state index in [0.717, 1.165) is 24.9 Å². The maximum atomic E-state index is 13.7. The molecule has 0 spiro atoms. The molecule has 0 amide bonds. The van der Waals surface area contributed by atoms with E-state index < -0.39 is 0 Å². The maximum Gasteiger partial charge on any atom is 0.137 e. The predicted molar refractivity (Wildman–Crippen MR) is 98.0 cm³/mol. The monoisotopic (exact) mass is 461 g/mol. The highest BCUT2D eigenvalue weighted by Crippen LogP contribution is 2.28. The second-order valence-corrected chi connectivity index (χ2v) is 6.90. The van der Waals surface area contributed by atoms with Crippen molar-refractivity contribution in [3.8, 4) is 0 Å². The summed E-state index contributed by atoms with van der Waals surface area (Å²) in [6.07, 6.45) is 1.84. The summed E-state index contributed by atoms with van der Waals surface area (Å²) in [5.74, 6) is -0.204. The second-order valence-electron chi connectivity index (χ2n) is 4.95. The lowest BCUT2D eigenvalue weighted by Gasteiger charge is -2.21. The van der Waals surface area contributed by atoms with Crippen LogP contribution in [0.25, 0.3) is 0 Å². The molecule has 0 aliphatic carbocycles. The van der Waals surface area contributed by atoms with Gasteiger partial charge in [0.15, 0.2) is 0 Å². The minimum absolute atomic E-state index is 0.191. The molecule has 0 saturated heterocycles. The fraction of sp³-hybridized carbons (Fsp3) is 0.294. The van der Waals surface area contributed by atoms with Crippen LogP contribution in [0, 0.1) is 9.39 Å². The normalized spacial score (nSPS) is 12.4. The number of rotatable bonds is 6. The van der Waals surface area contributed by atoms with E-state index in [4.69, 9.17) is 0 Å². The van der Waals surface area contributed by atoms with E-state index >= 15 is 0 Å². The Hall–Kier alpha value is -0.460. The Bertz CT molecular complexity index is 603. The molecule has 2 rings (SSSR count). The first-order valence-corrected chi connectivity index (χ1v) is 8.91. The first-order chi connectivity index (χ1) is 10.1. The van der Waals surface area contributed by atoms with Gasteiger partial charge in [0.2, 0.25) is 0 Å². The van der Waals surface area contributed by atoms with Gasteiger partial charge in [-0.25, -0.2) is 4.39 Å². The maximum absolute atomic E-state index is 13.7. The van der Waals surface area contributed by atoms with Crippen LogP contribution in [0.5, 0.6) is 0 Å². The number of hydrogen-bond donors (Lipinski definition) is 1. The first-order valence-electron chi connectivity index (χ1n) is 7.04. The SMILES string of the molecule is CCCNC(Cc1cccc(F)c1Br)c1ccccc1I. The van der Waals surface area contributed by atoms with Gasteiger partial charge in [-0.05, 0) is 81.2 Å². The molecule has 0 heterocycles. The average Bonchev–Trinajstić information content (AvgIpc) is 2.48. The highest BCUT2D eigenvalue weighted by molar-refractivity contribution is 14.1. The quantitative estimate of drug-likeness (QED) is 0.562. The number of halogens is 3. The van der Waals surface area contributed by atoms with Gasteiger partial charge in [-0.3, -0.25) is 0 Å². The molecule has 0 bridgehead atoms. The van der Waals surface area contributed by atoms with Crippen molar-refractivity contribution in [3.05, 3.63) is 67.5 Å². The molecule has 21 heavy (non-hydrogen) atoms. The molecule has 4 heteroatoms. The summed E-state index contributed by atoms with van der Waals surface area (Å²) < 4.78 is 15.5. The fourth-order valence-electron chi connectivity index (χ4n) is 2.29. The van der Waals surface area contributed by atoms with E-state index in [-0.39, 0.29) is 11.9 Å². The van der Waals surface area contributed by atoms with Crippen LogP contribution >= 0.6 is 38.5 Å². The third-order valence-corrected chi connectivity index (χ3v) is 5.25. The second kappa shape index (κ2) is 8.25. The zero-order valence-corrected chi connectivity index (χ0v) is 15.6. The lowest BCUT2D eigenvalue weighted by atomic mass is 9.98. The molecule has 1 nitrogen and oxygen atoms in total. The van der Waals surface area contributed by atoms with Crippen LogP contribution in [-0.4, -0.2) is 6.54 Å². The highest BCUT2D eigenvalue weighted by atomic mass is 127. The van der Waals surface area contributed by atoms with Crippen molar-refractivity contribution in [2.24, 2.45) is 0 Å². The zero-order chi connectivity index (χ0) is 15.2. The summed E-state index contributed by atoms with van der Waals surface area (Å²) in [6.45, 7) is 3.10. The van der Waals surface area contributed by atoms with Gasteiger partial charge < -0.3 is 5.32 Å². The Balaban J connectivity index is 2.28. The molecule has 0 aliphatic heterocycles. The topological polar surface area (TPSA) is 12.0 Å². The summed E-state index contributed by atoms with van der Waals surface area (Å²) >= 11 is 5.72. The van der Waals surface area contributed by atoms with Crippen LogP contribution in [0.1, 0.15) is 30.5 Å². The molecule has 0 aliphatic rings. The van der Waals surface area contributed by atoms with E-state index in [2.05, 4.69) is 69.0 Å². The van der Waals surface area contributed by atoms with Gasteiger partial charge in [0, 0.05) is 9.61 Å². The summed E-state index contributed by atoms with van der Waals surface area (Å²) in [7, 11) is 0. The largest absolute Gasteiger partial charge is 0.310 e. The van der Waals surface area contributed by atoms with E-state index in [1.165, 1.54) is 15.2 Å². The van der Waals surface area contributed by atoms with Crippen LogP contribution in [0.4, 0.5) is 4.39 Å². The summed E-state index contributed by atoms with van der Waals surface area (Å²) in [4.78, 5) is 0. The third-order valence-electron chi connectivity index (χ3n) is 3.38. The number of benzene rings is 2. The minimum atomic E-state index is -0.204. The van der Waals surface area contributed by atoms with Gasteiger partial charge in [0.05, 0.1) is 4.47 Å². The molecular weight excluding hydrogens is 444 g/mol. The Labute approximate surface area is 147 Å². The van der Waals surface area contributed by atoms with Crippen molar-refractivity contribution >= 4 is 38.5 Å². The predicted octanol–water partition coefficient (Wildman–Crippen LogP) is 5.48.